The van der Waals surface area contributed by atoms with E-state index in [9.17, 15) is 14.7 Å². The van der Waals surface area contributed by atoms with Crippen LogP contribution in [0.15, 0.2) is 22.6 Å². The van der Waals surface area contributed by atoms with E-state index in [2.05, 4.69) is 4.90 Å². The number of morpholine rings is 1. The molecule has 0 radical (unpaired) electrons. The summed E-state index contributed by atoms with van der Waals surface area (Å²) >= 11 is 0. The molecule has 2 aromatic carbocycles. The number of aryl methyl sites for hydroxylation is 2. The summed E-state index contributed by atoms with van der Waals surface area (Å²) in [5, 5.41) is 11.4. The third kappa shape index (κ3) is 2.65. The van der Waals surface area contributed by atoms with Gasteiger partial charge in [-0.1, -0.05) is 0 Å². The van der Waals surface area contributed by atoms with Crippen LogP contribution in [0.4, 0.5) is 0 Å². The van der Waals surface area contributed by atoms with Crippen LogP contribution in [0.3, 0.4) is 0 Å². The van der Waals surface area contributed by atoms with Gasteiger partial charge in [0.25, 0.3) is 11.8 Å². The van der Waals surface area contributed by atoms with Gasteiger partial charge in [0.05, 0.1) is 24.3 Å². The summed E-state index contributed by atoms with van der Waals surface area (Å²) in [6.45, 7) is 7.63. The number of carbonyl (C=O) groups is 2. The van der Waals surface area contributed by atoms with Gasteiger partial charge < -0.3 is 14.3 Å². The SMILES string of the molecule is Cc1c2c(c(C)c3c1oc1ccc(O)cc13)C(=O)N(CCN1CCOCC1)C2=O. The lowest BCUT2D eigenvalue weighted by Gasteiger charge is -2.28. The zero-order valence-corrected chi connectivity index (χ0v) is 16.4. The number of imide groups is 1. The summed E-state index contributed by atoms with van der Waals surface area (Å²) in [5.74, 6) is -0.383. The minimum atomic E-state index is -0.260. The summed E-state index contributed by atoms with van der Waals surface area (Å²) in [6, 6.07) is 4.90. The van der Waals surface area contributed by atoms with Crippen LogP contribution < -0.4 is 0 Å². The molecule has 0 bridgehead atoms. The normalized spacial score (nSPS) is 17.7. The van der Waals surface area contributed by atoms with Gasteiger partial charge in [-0.15, -0.1) is 0 Å². The van der Waals surface area contributed by atoms with Gasteiger partial charge in [-0.2, -0.15) is 0 Å². The number of nitrogens with zero attached hydrogens (tertiary/aromatic N) is 2. The fraction of sp³-hybridized carbons (Fsp3) is 0.364. The van der Waals surface area contributed by atoms with Crippen molar-refractivity contribution >= 4 is 33.8 Å². The number of phenols is 1. The van der Waals surface area contributed by atoms with Crippen molar-refractivity contribution in [2.24, 2.45) is 0 Å². The van der Waals surface area contributed by atoms with Gasteiger partial charge in [0.15, 0.2) is 0 Å². The van der Waals surface area contributed by atoms with E-state index in [1.54, 1.807) is 18.2 Å². The number of aromatic hydroxyl groups is 1. The van der Waals surface area contributed by atoms with Gasteiger partial charge in [0.1, 0.15) is 16.9 Å². The first kappa shape index (κ1) is 18.1. The molecule has 2 amide bonds. The summed E-state index contributed by atoms with van der Waals surface area (Å²) in [6.07, 6.45) is 0. The first-order chi connectivity index (χ1) is 14.0. The smallest absolute Gasteiger partial charge is 0.262 e. The van der Waals surface area contributed by atoms with E-state index < -0.39 is 0 Å². The molecule has 150 valence electrons. The van der Waals surface area contributed by atoms with Crippen molar-refractivity contribution in [1.82, 2.24) is 9.80 Å². The largest absolute Gasteiger partial charge is 0.508 e. The molecule has 2 aliphatic heterocycles. The molecule has 3 heterocycles. The molecule has 5 rings (SSSR count). The molecule has 0 saturated carbocycles. The number of fused-ring (bicyclic) bond motifs is 4. The van der Waals surface area contributed by atoms with Crippen LogP contribution in [0.25, 0.3) is 21.9 Å². The van der Waals surface area contributed by atoms with Crippen LogP contribution in [0.1, 0.15) is 31.8 Å². The first-order valence-electron chi connectivity index (χ1n) is 9.82. The molecule has 0 unspecified atom stereocenters. The van der Waals surface area contributed by atoms with Gasteiger partial charge in [-0.25, -0.2) is 0 Å². The van der Waals surface area contributed by atoms with Crippen LogP contribution in [0.2, 0.25) is 0 Å². The number of hydrogen-bond donors (Lipinski definition) is 1. The summed E-state index contributed by atoms with van der Waals surface area (Å²) in [7, 11) is 0. The Balaban J connectivity index is 1.58. The van der Waals surface area contributed by atoms with E-state index in [0.717, 1.165) is 29.4 Å². The Morgan fingerprint density at radius 1 is 1.00 bits per heavy atom. The Kier molecular flexibility index (Phi) is 4.11. The molecule has 7 heteroatoms. The number of carbonyl (C=O) groups excluding carboxylic acids is 2. The van der Waals surface area contributed by atoms with Crippen molar-refractivity contribution in [1.29, 1.82) is 0 Å². The van der Waals surface area contributed by atoms with E-state index in [0.29, 0.717) is 54.2 Å². The highest BCUT2D eigenvalue weighted by molar-refractivity contribution is 6.26. The van der Waals surface area contributed by atoms with Crippen LogP contribution in [-0.2, 0) is 4.74 Å². The third-order valence-corrected chi connectivity index (χ3v) is 6.05. The fourth-order valence-electron chi connectivity index (χ4n) is 4.50. The molecular formula is C22H22N2O5. The van der Waals surface area contributed by atoms with Crippen LogP contribution in [0.5, 0.6) is 5.75 Å². The standard InChI is InChI=1S/C22H22N2O5/c1-12-17-15-11-14(25)3-4-16(15)29-20(17)13(2)19-18(12)21(26)24(22(19)27)6-5-23-7-9-28-10-8-23/h3-4,11,25H,5-10H2,1-2H3. The fourth-order valence-corrected chi connectivity index (χ4v) is 4.50. The Morgan fingerprint density at radius 3 is 2.41 bits per heavy atom. The highest BCUT2D eigenvalue weighted by Gasteiger charge is 2.40. The van der Waals surface area contributed by atoms with Crippen molar-refractivity contribution in [2.75, 3.05) is 39.4 Å². The molecule has 0 aliphatic carbocycles. The van der Waals surface area contributed by atoms with Crippen LogP contribution in [0, 0.1) is 13.8 Å². The second kappa shape index (κ2) is 6.57. The molecule has 1 fully saturated rings. The highest BCUT2D eigenvalue weighted by Crippen LogP contribution is 2.41. The maximum absolute atomic E-state index is 13.2. The van der Waals surface area contributed by atoms with Crippen molar-refractivity contribution in [2.45, 2.75) is 13.8 Å². The number of ether oxygens (including phenoxy) is 1. The second-order valence-electron chi connectivity index (χ2n) is 7.70. The van der Waals surface area contributed by atoms with Gasteiger partial charge in [0.2, 0.25) is 0 Å². The van der Waals surface area contributed by atoms with Crippen molar-refractivity contribution in [3.8, 4) is 5.75 Å². The average Bonchev–Trinajstić information content (AvgIpc) is 3.21. The summed E-state index contributed by atoms with van der Waals surface area (Å²) in [5.41, 5.74) is 3.49. The Hall–Kier alpha value is -2.90. The predicted molar refractivity (Wildman–Crippen MR) is 107 cm³/mol. The minimum absolute atomic E-state index is 0.132. The summed E-state index contributed by atoms with van der Waals surface area (Å²) < 4.78 is 11.4. The van der Waals surface area contributed by atoms with E-state index >= 15 is 0 Å². The lowest BCUT2D eigenvalue weighted by atomic mass is 9.94. The summed E-state index contributed by atoms with van der Waals surface area (Å²) in [4.78, 5) is 29.9. The monoisotopic (exact) mass is 394 g/mol. The average molecular weight is 394 g/mol. The Bertz CT molecular complexity index is 1170. The van der Waals surface area contributed by atoms with Gasteiger partial charge in [-0.3, -0.25) is 19.4 Å². The quantitative estimate of drug-likeness (QED) is 0.688. The van der Waals surface area contributed by atoms with Gasteiger partial charge in [0, 0.05) is 42.5 Å². The number of hydrogen-bond acceptors (Lipinski definition) is 6. The van der Waals surface area contributed by atoms with Gasteiger partial charge in [-0.05, 0) is 37.6 Å². The predicted octanol–water partition coefficient (Wildman–Crippen LogP) is 2.84. The number of rotatable bonds is 3. The molecule has 0 atom stereocenters. The highest BCUT2D eigenvalue weighted by atomic mass is 16.5. The van der Waals surface area contributed by atoms with Crippen molar-refractivity contribution in [3.63, 3.8) is 0 Å². The first-order valence-corrected chi connectivity index (χ1v) is 9.82. The van der Waals surface area contributed by atoms with Crippen molar-refractivity contribution in [3.05, 3.63) is 40.5 Å². The molecule has 1 aromatic heterocycles. The number of furan rings is 1. The second-order valence-corrected chi connectivity index (χ2v) is 7.70. The third-order valence-electron chi connectivity index (χ3n) is 6.05. The van der Waals surface area contributed by atoms with Gasteiger partial charge >= 0.3 is 0 Å². The van der Waals surface area contributed by atoms with E-state index in [1.165, 1.54) is 4.90 Å². The number of phenolic OH excluding ortho intramolecular Hbond substituents is 1. The molecule has 29 heavy (non-hydrogen) atoms. The lowest BCUT2D eigenvalue weighted by Crippen LogP contribution is -2.43. The molecule has 1 saturated heterocycles. The zero-order valence-electron chi connectivity index (χ0n) is 16.4. The molecule has 1 N–H and O–H groups in total. The Morgan fingerprint density at radius 2 is 1.69 bits per heavy atom. The van der Waals surface area contributed by atoms with Crippen LogP contribution in [-0.4, -0.2) is 66.1 Å². The van der Waals surface area contributed by atoms with E-state index in [-0.39, 0.29) is 17.6 Å². The number of benzene rings is 2. The lowest BCUT2D eigenvalue weighted by molar-refractivity contribution is 0.0325. The molecular weight excluding hydrogens is 372 g/mol. The molecule has 3 aromatic rings. The minimum Gasteiger partial charge on any atom is -0.508 e. The van der Waals surface area contributed by atoms with E-state index in [4.69, 9.17) is 9.15 Å². The molecule has 0 spiro atoms. The molecule has 7 nitrogen and oxygen atoms in total. The van der Waals surface area contributed by atoms with E-state index in [1.807, 2.05) is 13.8 Å². The topological polar surface area (TPSA) is 83.2 Å². The zero-order chi connectivity index (χ0) is 20.3. The molecule has 2 aliphatic rings. The number of amides is 2. The van der Waals surface area contributed by atoms with Crippen molar-refractivity contribution < 1.29 is 23.8 Å². The maximum Gasteiger partial charge on any atom is 0.262 e. The van der Waals surface area contributed by atoms with Crippen LogP contribution >= 0.6 is 0 Å². The maximum atomic E-state index is 13.2. The Labute approximate surface area is 167 Å².